The van der Waals surface area contributed by atoms with E-state index in [2.05, 4.69) is 9.88 Å². The molecule has 1 aliphatic rings. The molecule has 0 unspecified atom stereocenters. The number of aromatic nitrogens is 1. The van der Waals surface area contributed by atoms with Crippen LogP contribution in [0.5, 0.6) is 0 Å². The predicted molar refractivity (Wildman–Crippen MR) is 81.1 cm³/mol. The minimum atomic E-state index is -3.93. The zero-order valence-electron chi connectivity index (χ0n) is 12.6. The van der Waals surface area contributed by atoms with Crippen molar-refractivity contribution in [3.8, 4) is 11.5 Å². The second-order valence-corrected chi connectivity index (χ2v) is 9.44. The van der Waals surface area contributed by atoms with Gasteiger partial charge in [-0.3, -0.25) is 0 Å². The van der Waals surface area contributed by atoms with Crippen LogP contribution in [0.4, 0.5) is 0 Å². The van der Waals surface area contributed by atoms with Crippen LogP contribution in [0.2, 0.25) is 0 Å². The first-order valence-electron chi connectivity index (χ1n) is 6.94. The largest absolute Gasteiger partial charge is 0.440 e. The smallest absolute Gasteiger partial charge is 0.274 e. The van der Waals surface area contributed by atoms with Crippen LogP contribution in [0.1, 0.15) is 17.7 Å². The van der Waals surface area contributed by atoms with Crippen molar-refractivity contribution < 1.29 is 25.8 Å². The Morgan fingerprint density at radius 1 is 1.30 bits per heavy atom. The zero-order chi connectivity index (χ0) is 16.8. The molecule has 8 nitrogen and oxygen atoms in total. The van der Waals surface area contributed by atoms with Gasteiger partial charge in [0.1, 0.15) is 0 Å². The molecule has 0 bridgehead atoms. The highest BCUT2D eigenvalue weighted by Gasteiger charge is 2.32. The number of sulfonamides is 1. The van der Waals surface area contributed by atoms with Crippen molar-refractivity contribution in [2.24, 2.45) is 0 Å². The summed E-state index contributed by atoms with van der Waals surface area (Å²) in [6.07, 6.45) is 0.259. The van der Waals surface area contributed by atoms with Gasteiger partial charge in [-0.2, -0.15) is 0 Å². The summed E-state index contributed by atoms with van der Waals surface area (Å²) in [5.74, 6) is 0.412. The maximum absolute atomic E-state index is 12.3. The van der Waals surface area contributed by atoms with Gasteiger partial charge in [0.05, 0.1) is 17.2 Å². The number of nitrogens with one attached hydrogen (secondary N) is 1. The van der Waals surface area contributed by atoms with E-state index in [0.29, 0.717) is 11.5 Å². The van der Waals surface area contributed by atoms with Crippen LogP contribution in [-0.2, 0) is 19.9 Å². The van der Waals surface area contributed by atoms with Crippen molar-refractivity contribution in [1.29, 1.82) is 0 Å². The molecule has 2 aromatic heterocycles. The van der Waals surface area contributed by atoms with E-state index < -0.39 is 25.9 Å². The molecular weight excluding hydrogens is 344 g/mol. The molecule has 126 valence electrons. The molecule has 1 fully saturated rings. The summed E-state index contributed by atoms with van der Waals surface area (Å²) >= 11 is 0. The molecule has 1 N–H and O–H groups in total. The first kappa shape index (κ1) is 16.2. The molecule has 0 aliphatic carbocycles. The molecular formula is C13H16N2O6S2. The summed E-state index contributed by atoms with van der Waals surface area (Å²) in [5, 5.41) is 3.51. The molecule has 2 aromatic rings. The van der Waals surface area contributed by atoms with Gasteiger partial charge < -0.3 is 8.94 Å². The molecule has 0 aromatic carbocycles. The lowest BCUT2D eigenvalue weighted by atomic mass is 10.2. The molecule has 1 atom stereocenters. The van der Waals surface area contributed by atoms with E-state index in [1.807, 2.05) is 0 Å². The zero-order valence-corrected chi connectivity index (χ0v) is 14.2. The van der Waals surface area contributed by atoms with Crippen molar-refractivity contribution in [2.75, 3.05) is 11.5 Å². The Morgan fingerprint density at radius 3 is 2.61 bits per heavy atom. The number of hydrogen-bond acceptors (Lipinski definition) is 7. The van der Waals surface area contributed by atoms with E-state index in [1.54, 1.807) is 13.8 Å². The van der Waals surface area contributed by atoms with Gasteiger partial charge in [0.25, 0.3) is 10.0 Å². The topological polar surface area (TPSA) is 119 Å². The Labute approximate surface area is 133 Å². The number of aryl methyl sites for hydroxylation is 1. The lowest BCUT2D eigenvalue weighted by Crippen LogP contribution is -2.35. The highest BCUT2D eigenvalue weighted by atomic mass is 32.2. The van der Waals surface area contributed by atoms with Crippen LogP contribution in [-0.4, -0.2) is 39.5 Å². The number of hydrogen-bond donors (Lipinski definition) is 1. The van der Waals surface area contributed by atoms with Gasteiger partial charge in [-0.05, 0) is 32.4 Å². The van der Waals surface area contributed by atoms with Crippen LogP contribution in [0.15, 0.2) is 26.2 Å². The van der Waals surface area contributed by atoms with Gasteiger partial charge in [0, 0.05) is 11.6 Å². The van der Waals surface area contributed by atoms with Crippen LogP contribution < -0.4 is 4.72 Å². The third-order valence-electron chi connectivity index (χ3n) is 3.78. The normalized spacial score (nSPS) is 20.9. The highest BCUT2D eigenvalue weighted by molar-refractivity contribution is 7.92. The van der Waals surface area contributed by atoms with Gasteiger partial charge in [-0.15, -0.1) is 0 Å². The average Bonchev–Trinajstić information content (AvgIpc) is 3.12. The molecule has 0 saturated carbocycles. The monoisotopic (exact) mass is 360 g/mol. The fourth-order valence-electron chi connectivity index (χ4n) is 2.40. The van der Waals surface area contributed by atoms with Gasteiger partial charge in [-0.1, -0.05) is 5.16 Å². The summed E-state index contributed by atoms with van der Waals surface area (Å²) in [6, 6.07) is 2.15. The van der Waals surface area contributed by atoms with Crippen molar-refractivity contribution in [1.82, 2.24) is 9.88 Å². The summed E-state index contributed by atoms with van der Waals surface area (Å²) in [4.78, 5) is 0. The Balaban J connectivity index is 1.83. The Bertz CT molecular complexity index is 939. The van der Waals surface area contributed by atoms with Gasteiger partial charge >= 0.3 is 0 Å². The first-order chi connectivity index (χ1) is 10.7. The van der Waals surface area contributed by atoms with Crippen LogP contribution in [0.25, 0.3) is 11.5 Å². The van der Waals surface area contributed by atoms with Gasteiger partial charge in [0.2, 0.25) is 10.9 Å². The molecule has 0 spiro atoms. The maximum Gasteiger partial charge on any atom is 0.274 e. The quantitative estimate of drug-likeness (QED) is 0.864. The minimum Gasteiger partial charge on any atom is -0.440 e. The number of rotatable bonds is 4. The molecule has 10 heteroatoms. The Hall–Kier alpha value is -1.65. The second kappa shape index (κ2) is 5.46. The van der Waals surface area contributed by atoms with E-state index in [4.69, 9.17) is 8.94 Å². The van der Waals surface area contributed by atoms with Crippen molar-refractivity contribution >= 4 is 19.9 Å². The van der Waals surface area contributed by atoms with E-state index in [1.165, 1.54) is 12.1 Å². The maximum atomic E-state index is 12.3. The molecule has 3 heterocycles. The fraction of sp³-hybridized carbons (Fsp3) is 0.462. The summed E-state index contributed by atoms with van der Waals surface area (Å²) in [6.45, 7) is 3.56. The first-order valence-corrected chi connectivity index (χ1v) is 10.2. The predicted octanol–water partition coefficient (Wildman–Crippen LogP) is 1.02. The minimum absolute atomic E-state index is 0.0138. The molecule has 0 amide bonds. The number of nitrogens with zero attached hydrogens (tertiary/aromatic N) is 1. The molecule has 23 heavy (non-hydrogen) atoms. The lowest BCUT2D eigenvalue weighted by molar-refractivity contribution is 0.396. The van der Waals surface area contributed by atoms with Gasteiger partial charge in [-0.25, -0.2) is 21.6 Å². The summed E-state index contributed by atoms with van der Waals surface area (Å²) in [5.41, 5.74) is 1.45. The van der Waals surface area contributed by atoms with E-state index in [9.17, 15) is 16.8 Å². The van der Waals surface area contributed by atoms with E-state index in [0.717, 1.165) is 5.56 Å². The summed E-state index contributed by atoms with van der Waals surface area (Å²) < 4.78 is 60.3. The standard InChI is InChI=1S/C13H16N2O6S2/c1-8-9(2)14-21-13(8)11-3-4-12(20-11)23(18,19)15-10-5-6-22(16,17)7-10/h3-4,10,15H,5-7H2,1-2H3/t10-/m1/s1. The van der Waals surface area contributed by atoms with Gasteiger partial charge in [0.15, 0.2) is 15.6 Å². The summed E-state index contributed by atoms with van der Waals surface area (Å²) in [7, 11) is -7.10. The van der Waals surface area contributed by atoms with Crippen molar-refractivity contribution in [2.45, 2.75) is 31.4 Å². The molecule has 3 rings (SSSR count). The number of furan rings is 1. The van der Waals surface area contributed by atoms with Crippen LogP contribution >= 0.6 is 0 Å². The van der Waals surface area contributed by atoms with E-state index in [-0.39, 0.29) is 28.8 Å². The lowest BCUT2D eigenvalue weighted by Gasteiger charge is -2.09. The second-order valence-electron chi connectivity index (χ2n) is 5.56. The third kappa shape index (κ3) is 3.19. The Kier molecular flexibility index (Phi) is 3.85. The Morgan fingerprint density at radius 2 is 2.04 bits per heavy atom. The fourth-order valence-corrected chi connectivity index (χ4v) is 5.38. The molecule has 0 radical (unpaired) electrons. The van der Waals surface area contributed by atoms with Crippen molar-refractivity contribution in [3.63, 3.8) is 0 Å². The SMILES string of the molecule is Cc1noc(-c2ccc(S(=O)(=O)N[C@@H]3CCS(=O)(=O)C3)o2)c1C. The number of sulfone groups is 1. The molecule has 1 saturated heterocycles. The third-order valence-corrected chi connectivity index (χ3v) is 6.94. The van der Waals surface area contributed by atoms with Crippen LogP contribution in [0.3, 0.4) is 0 Å². The molecule has 1 aliphatic heterocycles. The van der Waals surface area contributed by atoms with E-state index >= 15 is 0 Å². The average molecular weight is 360 g/mol. The van der Waals surface area contributed by atoms with Crippen molar-refractivity contribution in [3.05, 3.63) is 23.4 Å². The van der Waals surface area contributed by atoms with Crippen LogP contribution in [0, 0.1) is 13.8 Å². The highest BCUT2D eigenvalue weighted by Crippen LogP contribution is 2.29.